The van der Waals surface area contributed by atoms with Crippen LogP contribution in [-0.4, -0.2) is 56.3 Å². The van der Waals surface area contributed by atoms with Crippen LogP contribution in [0.15, 0.2) is 39.9 Å². The minimum Gasteiger partial charge on any atom is -0.347 e. The van der Waals surface area contributed by atoms with Gasteiger partial charge in [-0.25, -0.2) is 9.48 Å². The van der Waals surface area contributed by atoms with E-state index >= 15 is 0 Å². The molecule has 152 valence electrons. The van der Waals surface area contributed by atoms with Gasteiger partial charge in [0.15, 0.2) is 0 Å². The number of non-ortho nitro benzene ring substituents is 1. The van der Waals surface area contributed by atoms with Crippen molar-refractivity contribution in [2.24, 2.45) is 14.1 Å². The molecule has 0 aliphatic carbocycles. The minimum absolute atomic E-state index is 0.0113. The van der Waals surface area contributed by atoms with Crippen LogP contribution in [-0.2, 0) is 18.9 Å². The summed E-state index contributed by atoms with van der Waals surface area (Å²) in [5.74, 6) is -0.00699. The molecule has 2 heterocycles. The summed E-state index contributed by atoms with van der Waals surface area (Å²) in [6.07, 6.45) is 3.02. The Bertz CT molecular complexity index is 1080. The van der Waals surface area contributed by atoms with Gasteiger partial charge in [-0.1, -0.05) is 0 Å². The third-order valence-electron chi connectivity index (χ3n) is 4.72. The highest BCUT2D eigenvalue weighted by molar-refractivity contribution is 5.92. The summed E-state index contributed by atoms with van der Waals surface area (Å²) in [5, 5.41) is 14.7. The van der Waals surface area contributed by atoms with Crippen molar-refractivity contribution in [3.05, 3.63) is 66.9 Å². The molecule has 0 spiro atoms. The smallest absolute Gasteiger partial charge is 0.346 e. The maximum atomic E-state index is 12.4. The molecule has 0 N–H and O–H groups in total. The zero-order valence-electron chi connectivity index (χ0n) is 16.0. The number of nitrogens with zero attached hydrogens (tertiary/aromatic N) is 6. The van der Waals surface area contributed by atoms with E-state index in [1.54, 1.807) is 28.0 Å². The summed E-state index contributed by atoms with van der Waals surface area (Å²) in [4.78, 5) is 50.0. The predicted molar refractivity (Wildman–Crippen MR) is 106 cm³/mol. The maximum absolute atomic E-state index is 12.4. The maximum Gasteiger partial charge on any atom is 0.346 e. The van der Waals surface area contributed by atoms with E-state index in [2.05, 4.69) is 5.10 Å². The Labute approximate surface area is 165 Å². The SMILES string of the molecule is Cn1nc(N2CCN(C(=O)C=Cc3ccc([N+](=O)[O-])cc3)CC2)c(=O)n(C)c1=O. The van der Waals surface area contributed by atoms with Crippen LogP contribution in [0.5, 0.6) is 0 Å². The molecule has 1 amide bonds. The van der Waals surface area contributed by atoms with Crippen LogP contribution >= 0.6 is 0 Å². The van der Waals surface area contributed by atoms with Crippen molar-refractivity contribution in [3.63, 3.8) is 0 Å². The molecule has 0 atom stereocenters. The predicted octanol–water partition coefficient (Wildman–Crippen LogP) is -0.251. The number of benzene rings is 1. The Morgan fingerprint density at radius 2 is 1.72 bits per heavy atom. The minimum atomic E-state index is -0.496. The van der Waals surface area contributed by atoms with Crippen molar-refractivity contribution >= 4 is 23.5 Å². The molecule has 1 aliphatic rings. The quantitative estimate of drug-likeness (QED) is 0.394. The normalized spacial score (nSPS) is 14.4. The van der Waals surface area contributed by atoms with Crippen molar-refractivity contribution < 1.29 is 9.72 Å². The van der Waals surface area contributed by atoms with Crippen molar-refractivity contribution in [3.8, 4) is 0 Å². The Balaban J connectivity index is 1.63. The van der Waals surface area contributed by atoms with Crippen LogP contribution in [0.3, 0.4) is 0 Å². The standard InChI is InChI=1S/C18H20N6O5/c1-20-17(26)16(19-21(2)18(20)27)23-11-9-22(10-12-23)15(25)8-5-13-3-6-14(7-4-13)24(28)29/h3-8H,9-12H2,1-2H3. The summed E-state index contributed by atoms with van der Waals surface area (Å²) in [7, 11) is 2.88. The van der Waals surface area contributed by atoms with E-state index in [0.29, 0.717) is 31.7 Å². The highest BCUT2D eigenvalue weighted by Gasteiger charge is 2.23. The summed E-state index contributed by atoms with van der Waals surface area (Å²) in [6.45, 7) is 1.63. The summed E-state index contributed by atoms with van der Waals surface area (Å²) >= 11 is 0. The molecule has 1 aromatic heterocycles. The number of anilines is 1. The van der Waals surface area contributed by atoms with Crippen molar-refractivity contribution in [2.75, 3.05) is 31.1 Å². The number of nitro groups is 1. The number of rotatable bonds is 4. The Hall–Kier alpha value is -3.76. The van der Waals surface area contributed by atoms with Gasteiger partial charge in [-0.15, -0.1) is 5.10 Å². The zero-order chi connectivity index (χ0) is 21.1. The van der Waals surface area contributed by atoms with Crippen LogP contribution in [0.1, 0.15) is 5.56 Å². The van der Waals surface area contributed by atoms with E-state index in [9.17, 15) is 24.5 Å². The highest BCUT2D eigenvalue weighted by Crippen LogP contribution is 2.13. The van der Waals surface area contributed by atoms with Gasteiger partial charge in [0.1, 0.15) is 0 Å². The number of carbonyl (C=O) groups is 1. The average molecular weight is 400 g/mol. The summed E-state index contributed by atoms with van der Waals surface area (Å²) < 4.78 is 2.12. The van der Waals surface area contributed by atoms with E-state index in [1.807, 2.05) is 0 Å². The fraction of sp³-hybridized carbons (Fsp3) is 0.333. The molecule has 11 heteroatoms. The van der Waals surface area contributed by atoms with Gasteiger partial charge < -0.3 is 9.80 Å². The number of hydrogen-bond donors (Lipinski definition) is 0. The molecule has 0 unspecified atom stereocenters. The monoisotopic (exact) mass is 400 g/mol. The topological polar surface area (TPSA) is 124 Å². The Morgan fingerprint density at radius 1 is 1.10 bits per heavy atom. The van der Waals surface area contributed by atoms with Gasteiger partial charge in [-0.2, -0.15) is 0 Å². The fourth-order valence-corrected chi connectivity index (χ4v) is 3.00. The van der Waals surface area contributed by atoms with Crippen LogP contribution < -0.4 is 16.1 Å². The lowest BCUT2D eigenvalue weighted by atomic mass is 10.2. The van der Waals surface area contributed by atoms with Gasteiger partial charge >= 0.3 is 5.69 Å². The van der Waals surface area contributed by atoms with Crippen LogP contribution in [0.2, 0.25) is 0 Å². The van der Waals surface area contributed by atoms with Crippen molar-refractivity contribution in [1.29, 1.82) is 0 Å². The second kappa shape index (κ2) is 8.09. The molecule has 29 heavy (non-hydrogen) atoms. The first-order valence-electron chi connectivity index (χ1n) is 8.88. The molecule has 0 saturated carbocycles. The van der Waals surface area contributed by atoms with Gasteiger partial charge in [0, 0.05) is 58.5 Å². The first-order chi connectivity index (χ1) is 13.8. The zero-order valence-corrected chi connectivity index (χ0v) is 16.0. The third kappa shape index (κ3) is 4.23. The van der Waals surface area contributed by atoms with E-state index in [0.717, 1.165) is 9.25 Å². The molecule has 1 aromatic carbocycles. The number of nitro benzene ring substituents is 1. The first-order valence-corrected chi connectivity index (χ1v) is 8.88. The molecule has 1 aliphatic heterocycles. The van der Waals surface area contributed by atoms with Gasteiger partial charge in [-0.05, 0) is 23.8 Å². The number of aryl methyl sites for hydroxylation is 1. The number of piperazine rings is 1. The lowest BCUT2D eigenvalue weighted by molar-refractivity contribution is -0.384. The second-order valence-electron chi connectivity index (χ2n) is 6.59. The fourth-order valence-electron chi connectivity index (χ4n) is 3.00. The average Bonchev–Trinajstić information content (AvgIpc) is 2.73. The van der Waals surface area contributed by atoms with E-state index in [-0.39, 0.29) is 17.4 Å². The van der Waals surface area contributed by atoms with E-state index in [1.165, 1.54) is 32.3 Å². The largest absolute Gasteiger partial charge is 0.347 e. The lowest BCUT2D eigenvalue weighted by Crippen LogP contribution is -2.51. The number of amides is 1. The van der Waals surface area contributed by atoms with Gasteiger partial charge in [0.25, 0.3) is 11.2 Å². The molecule has 0 radical (unpaired) electrons. The van der Waals surface area contributed by atoms with Gasteiger partial charge in [-0.3, -0.25) is 24.3 Å². The third-order valence-corrected chi connectivity index (χ3v) is 4.72. The molecular weight excluding hydrogens is 380 g/mol. The molecule has 3 rings (SSSR count). The molecule has 1 fully saturated rings. The molecule has 11 nitrogen and oxygen atoms in total. The molecule has 0 bridgehead atoms. The highest BCUT2D eigenvalue weighted by atomic mass is 16.6. The summed E-state index contributed by atoms with van der Waals surface area (Å²) in [5.41, 5.74) is -0.293. The van der Waals surface area contributed by atoms with Gasteiger partial charge in [0.2, 0.25) is 11.7 Å². The lowest BCUT2D eigenvalue weighted by Gasteiger charge is -2.34. The Morgan fingerprint density at radius 3 is 2.31 bits per heavy atom. The van der Waals surface area contributed by atoms with Crippen molar-refractivity contribution in [2.45, 2.75) is 0 Å². The Kier molecular flexibility index (Phi) is 5.57. The number of carbonyl (C=O) groups excluding carboxylic acids is 1. The number of hydrogen-bond acceptors (Lipinski definition) is 7. The van der Waals surface area contributed by atoms with E-state index in [4.69, 9.17) is 0 Å². The molecule has 1 saturated heterocycles. The second-order valence-corrected chi connectivity index (χ2v) is 6.59. The van der Waals surface area contributed by atoms with E-state index < -0.39 is 16.2 Å². The van der Waals surface area contributed by atoms with Crippen LogP contribution in [0, 0.1) is 10.1 Å². The van der Waals surface area contributed by atoms with Crippen molar-refractivity contribution in [1.82, 2.24) is 19.2 Å². The van der Waals surface area contributed by atoms with Crippen LogP contribution in [0.4, 0.5) is 11.5 Å². The number of aromatic nitrogens is 3. The van der Waals surface area contributed by atoms with Crippen LogP contribution in [0.25, 0.3) is 6.08 Å². The molecule has 2 aromatic rings. The first kappa shape index (κ1) is 20.0. The summed E-state index contributed by atoms with van der Waals surface area (Å²) in [6, 6.07) is 5.90. The molecular formula is C18H20N6O5. The van der Waals surface area contributed by atoms with Gasteiger partial charge in [0.05, 0.1) is 4.92 Å².